The Balaban J connectivity index is 2.14. The summed E-state index contributed by atoms with van der Waals surface area (Å²) in [5.74, 6) is -1.54. The van der Waals surface area contributed by atoms with Crippen molar-refractivity contribution in [1.29, 1.82) is 0 Å². The van der Waals surface area contributed by atoms with Crippen LogP contribution >= 0.6 is 11.6 Å². The summed E-state index contributed by atoms with van der Waals surface area (Å²) in [6.07, 6.45) is 0. The molecule has 1 nitrogen and oxygen atoms in total. The maximum atomic E-state index is 13.6. The van der Waals surface area contributed by atoms with Gasteiger partial charge in [0.05, 0.1) is 10.7 Å². The molecule has 5 heteroatoms. The summed E-state index contributed by atoms with van der Waals surface area (Å²) >= 11 is 5.64. The van der Waals surface area contributed by atoms with Crippen LogP contribution in [0.4, 0.5) is 18.9 Å². The first-order chi connectivity index (χ1) is 8.97. The predicted molar refractivity (Wildman–Crippen MR) is 69.8 cm³/mol. The van der Waals surface area contributed by atoms with Crippen molar-refractivity contribution in [3.05, 3.63) is 63.9 Å². The van der Waals surface area contributed by atoms with Gasteiger partial charge in [0.1, 0.15) is 17.5 Å². The third-order valence-electron chi connectivity index (χ3n) is 2.72. The smallest absolute Gasteiger partial charge is 0.146 e. The Bertz CT molecular complexity index is 614. The van der Waals surface area contributed by atoms with Crippen LogP contribution < -0.4 is 5.32 Å². The van der Waals surface area contributed by atoms with Crippen LogP contribution in [0, 0.1) is 24.4 Å². The molecule has 0 aliphatic rings. The van der Waals surface area contributed by atoms with Gasteiger partial charge < -0.3 is 5.32 Å². The molecule has 0 heterocycles. The van der Waals surface area contributed by atoms with Crippen molar-refractivity contribution in [2.24, 2.45) is 0 Å². The van der Waals surface area contributed by atoms with E-state index in [-0.39, 0.29) is 22.8 Å². The van der Waals surface area contributed by atoms with Crippen molar-refractivity contribution in [1.82, 2.24) is 0 Å². The minimum Gasteiger partial charge on any atom is -0.379 e. The highest BCUT2D eigenvalue weighted by Gasteiger charge is 2.07. The summed E-state index contributed by atoms with van der Waals surface area (Å²) in [5, 5.41) is 2.74. The predicted octanol–water partition coefficient (Wildman–Crippen LogP) is 4.68. The minimum atomic E-state index is -0.535. The maximum Gasteiger partial charge on any atom is 0.146 e. The molecule has 2 rings (SSSR count). The molecule has 0 aliphatic carbocycles. The number of anilines is 1. The first-order valence-corrected chi connectivity index (χ1v) is 5.98. The van der Waals surface area contributed by atoms with Crippen LogP contribution in [0.15, 0.2) is 30.3 Å². The van der Waals surface area contributed by atoms with Crippen molar-refractivity contribution in [2.45, 2.75) is 13.5 Å². The summed E-state index contributed by atoms with van der Waals surface area (Å²) in [5.41, 5.74) is 0.975. The topological polar surface area (TPSA) is 12.0 Å². The lowest BCUT2D eigenvalue weighted by atomic mass is 10.2. The van der Waals surface area contributed by atoms with Crippen LogP contribution in [0.2, 0.25) is 5.02 Å². The van der Waals surface area contributed by atoms with E-state index in [0.717, 1.165) is 12.1 Å². The average Bonchev–Trinajstić information content (AvgIpc) is 2.36. The molecule has 2 aromatic rings. The van der Waals surface area contributed by atoms with Crippen LogP contribution in [0.1, 0.15) is 11.1 Å². The van der Waals surface area contributed by atoms with Crippen LogP contribution in [0.25, 0.3) is 0 Å². The molecule has 0 amide bonds. The fourth-order valence-corrected chi connectivity index (χ4v) is 1.83. The van der Waals surface area contributed by atoms with Gasteiger partial charge in [-0.2, -0.15) is 0 Å². The number of hydrogen-bond acceptors (Lipinski definition) is 1. The van der Waals surface area contributed by atoms with Crippen LogP contribution in [0.5, 0.6) is 0 Å². The van der Waals surface area contributed by atoms with Gasteiger partial charge in [-0.3, -0.25) is 0 Å². The largest absolute Gasteiger partial charge is 0.379 e. The minimum absolute atomic E-state index is 0.00476. The number of rotatable bonds is 3. The highest BCUT2D eigenvalue weighted by Crippen LogP contribution is 2.21. The quantitative estimate of drug-likeness (QED) is 0.863. The third kappa shape index (κ3) is 3.20. The Morgan fingerprint density at radius 3 is 2.42 bits per heavy atom. The van der Waals surface area contributed by atoms with Crippen LogP contribution in [0.3, 0.4) is 0 Å². The molecule has 0 bridgehead atoms. The molecule has 0 saturated heterocycles. The van der Waals surface area contributed by atoms with Crippen LogP contribution in [-0.2, 0) is 6.54 Å². The van der Waals surface area contributed by atoms with Gasteiger partial charge in [-0.05, 0) is 36.2 Å². The Labute approximate surface area is 114 Å². The molecule has 0 spiro atoms. The van der Waals surface area contributed by atoms with Crippen molar-refractivity contribution in [3.63, 3.8) is 0 Å². The van der Waals surface area contributed by atoms with E-state index in [1.807, 2.05) is 0 Å². The van der Waals surface area contributed by atoms with Gasteiger partial charge in [0.15, 0.2) is 0 Å². The zero-order chi connectivity index (χ0) is 14.0. The summed E-state index contributed by atoms with van der Waals surface area (Å²) in [4.78, 5) is 0. The summed E-state index contributed by atoms with van der Waals surface area (Å²) in [7, 11) is 0. The molecular weight excluding hydrogens is 275 g/mol. The van der Waals surface area contributed by atoms with Gasteiger partial charge >= 0.3 is 0 Å². The molecule has 0 unspecified atom stereocenters. The van der Waals surface area contributed by atoms with Gasteiger partial charge in [0.2, 0.25) is 0 Å². The Hall–Kier alpha value is -1.68. The van der Waals surface area contributed by atoms with Gasteiger partial charge in [0.25, 0.3) is 0 Å². The van der Waals surface area contributed by atoms with E-state index in [1.165, 1.54) is 25.1 Å². The van der Waals surface area contributed by atoms with E-state index in [9.17, 15) is 13.2 Å². The lowest BCUT2D eigenvalue weighted by Gasteiger charge is -2.09. The zero-order valence-electron chi connectivity index (χ0n) is 10.1. The van der Waals surface area contributed by atoms with Crippen LogP contribution in [-0.4, -0.2) is 0 Å². The van der Waals surface area contributed by atoms with E-state index >= 15 is 0 Å². The lowest BCUT2D eigenvalue weighted by molar-refractivity contribution is 0.594. The molecule has 19 heavy (non-hydrogen) atoms. The average molecular weight is 286 g/mol. The SMILES string of the molecule is Cc1cc(F)c(NCc2ccc(F)c(Cl)c2)cc1F. The summed E-state index contributed by atoms with van der Waals surface area (Å²) in [6.45, 7) is 1.71. The molecule has 100 valence electrons. The second-order valence-corrected chi connectivity index (χ2v) is 4.59. The molecular formula is C14H11ClF3N. The maximum absolute atomic E-state index is 13.6. The molecule has 0 aliphatic heterocycles. The van der Waals surface area contributed by atoms with E-state index < -0.39 is 17.5 Å². The third-order valence-corrected chi connectivity index (χ3v) is 3.00. The van der Waals surface area contributed by atoms with Gasteiger partial charge in [-0.15, -0.1) is 0 Å². The Kier molecular flexibility index (Phi) is 4.00. The lowest BCUT2D eigenvalue weighted by Crippen LogP contribution is -2.03. The monoisotopic (exact) mass is 285 g/mol. The standard InChI is InChI=1S/C14H11ClF3N/c1-8-4-13(18)14(6-12(8)17)19-7-9-2-3-11(16)10(15)5-9/h2-6,19H,7H2,1H3. The van der Waals surface area contributed by atoms with Gasteiger partial charge in [0, 0.05) is 12.6 Å². The van der Waals surface area contributed by atoms with Gasteiger partial charge in [-0.1, -0.05) is 17.7 Å². The molecule has 0 atom stereocenters. The number of hydrogen-bond donors (Lipinski definition) is 1. The van der Waals surface area contributed by atoms with Gasteiger partial charge in [-0.25, -0.2) is 13.2 Å². The first-order valence-electron chi connectivity index (χ1n) is 5.61. The van der Waals surface area contributed by atoms with Crippen molar-refractivity contribution >= 4 is 17.3 Å². The van der Waals surface area contributed by atoms with E-state index in [1.54, 1.807) is 0 Å². The fraction of sp³-hybridized carbons (Fsp3) is 0.143. The second-order valence-electron chi connectivity index (χ2n) is 4.18. The first kappa shape index (κ1) is 13.7. The molecule has 0 radical (unpaired) electrons. The second kappa shape index (κ2) is 5.53. The number of benzene rings is 2. The normalized spacial score (nSPS) is 10.6. The van der Waals surface area contributed by atoms with Crippen molar-refractivity contribution in [2.75, 3.05) is 5.32 Å². The molecule has 0 fully saturated rings. The molecule has 2 aromatic carbocycles. The summed E-state index contributed by atoms with van der Waals surface area (Å²) in [6, 6.07) is 6.40. The van der Waals surface area contributed by atoms with E-state index in [2.05, 4.69) is 5.32 Å². The fourth-order valence-electron chi connectivity index (χ4n) is 1.63. The van der Waals surface area contributed by atoms with Crippen molar-refractivity contribution in [3.8, 4) is 0 Å². The highest BCUT2D eigenvalue weighted by molar-refractivity contribution is 6.30. The van der Waals surface area contributed by atoms with Crippen molar-refractivity contribution < 1.29 is 13.2 Å². The zero-order valence-corrected chi connectivity index (χ0v) is 10.9. The highest BCUT2D eigenvalue weighted by atomic mass is 35.5. The Morgan fingerprint density at radius 2 is 1.74 bits per heavy atom. The van der Waals surface area contributed by atoms with E-state index in [0.29, 0.717) is 5.56 Å². The molecule has 0 saturated carbocycles. The van der Waals surface area contributed by atoms with E-state index in [4.69, 9.17) is 11.6 Å². The molecule has 0 aromatic heterocycles. The summed E-state index contributed by atoms with van der Waals surface area (Å²) < 4.78 is 39.8. The number of nitrogens with one attached hydrogen (secondary N) is 1. The molecule has 1 N–H and O–H groups in total. The Morgan fingerprint density at radius 1 is 1.00 bits per heavy atom. The number of halogens is 4. The number of aryl methyl sites for hydroxylation is 1.